The molecule has 1 saturated heterocycles. The molecule has 18 heavy (non-hydrogen) atoms. The molecule has 0 amide bonds. The minimum atomic E-state index is -0.123. The maximum absolute atomic E-state index is 6.19. The van der Waals surface area contributed by atoms with Crippen LogP contribution in [0.5, 0.6) is 0 Å². The maximum Gasteiger partial charge on any atom is 0.100 e. The number of nitrogens with two attached hydrogens (primary N) is 1. The van der Waals surface area contributed by atoms with E-state index in [1.54, 1.807) is 7.11 Å². The Morgan fingerprint density at radius 3 is 2.72 bits per heavy atom. The van der Waals surface area contributed by atoms with Crippen molar-refractivity contribution < 1.29 is 14.2 Å². The van der Waals surface area contributed by atoms with E-state index in [-0.39, 0.29) is 12.1 Å². The summed E-state index contributed by atoms with van der Waals surface area (Å²) in [5.74, 6) is 0. The lowest BCUT2D eigenvalue weighted by Crippen LogP contribution is -2.37. The molecular weight excluding hydrogens is 230 g/mol. The Morgan fingerprint density at radius 1 is 1.33 bits per heavy atom. The van der Waals surface area contributed by atoms with Gasteiger partial charge in [-0.05, 0) is 17.5 Å². The fraction of sp³-hybridized carbons (Fsp3) is 0.571. The van der Waals surface area contributed by atoms with Crippen LogP contribution in [0.4, 0.5) is 0 Å². The highest BCUT2D eigenvalue weighted by molar-refractivity contribution is 5.25. The summed E-state index contributed by atoms with van der Waals surface area (Å²) in [6.07, 6.45) is 0.887. The van der Waals surface area contributed by atoms with Gasteiger partial charge in [-0.15, -0.1) is 0 Å². The van der Waals surface area contributed by atoms with E-state index in [1.807, 2.05) is 0 Å². The molecule has 0 saturated carbocycles. The van der Waals surface area contributed by atoms with Gasteiger partial charge in [0.05, 0.1) is 32.5 Å². The zero-order valence-electron chi connectivity index (χ0n) is 10.8. The van der Waals surface area contributed by atoms with Crippen LogP contribution in [-0.4, -0.2) is 39.6 Å². The zero-order valence-corrected chi connectivity index (χ0v) is 10.8. The maximum atomic E-state index is 6.19. The minimum Gasteiger partial charge on any atom is -0.384 e. The third-order valence-electron chi connectivity index (χ3n) is 3.20. The van der Waals surface area contributed by atoms with Gasteiger partial charge in [-0.2, -0.15) is 0 Å². The number of hydrogen-bond acceptors (Lipinski definition) is 4. The van der Waals surface area contributed by atoms with Gasteiger partial charge in [-0.1, -0.05) is 24.3 Å². The van der Waals surface area contributed by atoms with Gasteiger partial charge < -0.3 is 19.9 Å². The largest absolute Gasteiger partial charge is 0.384 e. The second kappa shape index (κ2) is 6.85. The Morgan fingerprint density at radius 2 is 2.11 bits per heavy atom. The average molecular weight is 251 g/mol. The van der Waals surface area contributed by atoms with Crippen LogP contribution in [0.3, 0.4) is 0 Å². The molecule has 2 rings (SSSR count). The van der Waals surface area contributed by atoms with E-state index in [2.05, 4.69) is 24.3 Å². The molecule has 0 spiro atoms. The Bertz CT molecular complexity index is 347. The molecule has 2 N–H and O–H groups in total. The molecule has 1 aromatic rings. The van der Waals surface area contributed by atoms with Crippen LogP contribution in [0.2, 0.25) is 0 Å². The summed E-state index contributed by atoms with van der Waals surface area (Å²) in [5.41, 5.74) is 8.54. The quantitative estimate of drug-likeness (QED) is 0.857. The van der Waals surface area contributed by atoms with Crippen LogP contribution in [0.15, 0.2) is 24.3 Å². The van der Waals surface area contributed by atoms with Gasteiger partial charge >= 0.3 is 0 Å². The van der Waals surface area contributed by atoms with Gasteiger partial charge in [0, 0.05) is 7.11 Å². The second-order valence-electron chi connectivity index (χ2n) is 4.49. The predicted octanol–water partition coefficient (Wildman–Crippen LogP) is 1.29. The standard InChI is InChI=1S/C14H21NO3/c1-16-7-6-11-2-4-12(5-3-11)14(15)13-10-17-8-9-18-13/h2-5,13-14H,6-10,15H2,1H3. The molecule has 4 nitrogen and oxygen atoms in total. The fourth-order valence-corrected chi connectivity index (χ4v) is 2.05. The van der Waals surface area contributed by atoms with Gasteiger partial charge in [0.2, 0.25) is 0 Å². The molecule has 0 radical (unpaired) electrons. The first-order chi connectivity index (χ1) is 8.81. The van der Waals surface area contributed by atoms with E-state index in [1.165, 1.54) is 5.56 Å². The van der Waals surface area contributed by atoms with Crippen LogP contribution >= 0.6 is 0 Å². The molecule has 1 aliphatic heterocycles. The molecule has 2 unspecified atom stereocenters. The van der Waals surface area contributed by atoms with E-state index in [0.717, 1.165) is 18.6 Å². The lowest BCUT2D eigenvalue weighted by molar-refractivity contribution is -0.0975. The first-order valence-corrected chi connectivity index (χ1v) is 6.34. The van der Waals surface area contributed by atoms with Gasteiger partial charge in [0.15, 0.2) is 0 Å². The fourth-order valence-electron chi connectivity index (χ4n) is 2.05. The van der Waals surface area contributed by atoms with Crippen molar-refractivity contribution in [3.8, 4) is 0 Å². The summed E-state index contributed by atoms with van der Waals surface area (Å²) >= 11 is 0. The molecule has 1 fully saturated rings. The minimum absolute atomic E-state index is 0.0384. The molecule has 2 atom stereocenters. The molecule has 1 aliphatic rings. The SMILES string of the molecule is COCCc1ccc(C(N)C2COCCO2)cc1. The molecule has 0 bridgehead atoms. The normalized spacial score (nSPS) is 21.8. The monoisotopic (exact) mass is 251 g/mol. The van der Waals surface area contributed by atoms with Crippen LogP contribution in [-0.2, 0) is 20.6 Å². The molecular formula is C14H21NO3. The summed E-state index contributed by atoms with van der Waals surface area (Å²) in [6, 6.07) is 8.19. The van der Waals surface area contributed by atoms with Crippen LogP contribution in [0, 0.1) is 0 Å². The average Bonchev–Trinajstić information content (AvgIpc) is 2.46. The highest BCUT2D eigenvalue weighted by atomic mass is 16.6. The number of methoxy groups -OCH3 is 1. The van der Waals surface area contributed by atoms with Crippen LogP contribution in [0.1, 0.15) is 17.2 Å². The lowest BCUT2D eigenvalue weighted by Gasteiger charge is -2.28. The van der Waals surface area contributed by atoms with Crippen molar-refractivity contribution in [3.63, 3.8) is 0 Å². The van der Waals surface area contributed by atoms with Gasteiger partial charge in [-0.25, -0.2) is 0 Å². The summed E-state index contributed by atoms with van der Waals surface area (Å²) in [7, 11) is 1.71. The van der Waals surface area contributed by atoms with Gasteiger partial charge in [0.25, 0.3) is 0 Å². The zero-order chi connectivity index (χ0) is 12.8. The third kappa shape index (κ3) is 3.53. The third-order valence-corrected chi connectivity index (χ3v) is 3.20. The highest BCUT2D eigenvalue weighted by Gasteiger charge is 2.23. The van der Waals surface area contributed by atoms with Crippen molar-refractivity contribution in [1.29, 1.82) is 0 Å². The molecule has 0 aromatic heterocycles. The van der Waals surface area contributed by atoms with E-state index < -0.39 is 0 Å². The van der Waals surface area contributed by atoms with Crippen molar-refractivity contribution >= 4 is 0 Å². The number of benzene rings is 1. The second-order valence-corrected chi connectivity index (χ2v) is 4.49. The number of ether oxygens (including phenoxy) is 3. The Labute approximate surface area is 108 Å². The van der Waals surface area contributed by atoms with Crippen LogP contribution in [0.25, 0.3) is 0 Å². The molecule has 0 aliphatic carbocycles. The first kappa shape index (κ1) is 13.5. The number of hydrogen-bond donors (Lipinski definition) is 1. The number of rotatable bonds is 5. The smallest absolute Gasteiger partial charge is 0.100 e. The van der Waals surface area contributed by atoms with E-state index >= 15 is 0 Å². The van der Waals surface area contributed by atoms with E-state index in [0.29, 0.717) is 19.8 Å². The molecule has 4 heteroatoms. The van der Waals surface area contributed by atoms with Crippen molar-refractivity contribution in [2.45, 2.75) is 18.6 Å². The highest BCUT2D eigenvalue weighted by Crippen LogP contribution is 2.19. The Balaban J connectivity index is 1.95. The predicted molar refractivity (Wildman–Crippen MR) is 69.5 cm³/mol. The first-order valence-electron chi connectivity index (χ1n) is 6.34. The van der Waals surface area contributed by atoms with Crippen molar-refractivity contribution in [1.82, 2.24) is 0 Å². The molecule has 1 heterocycles. The summed E-state index contributed by atoms with van der Waals surface area (Å²) in [5, 5.41) is 0. The molecule has 100 valence electrons. The summed E-state index contributed by atoms with van der Waals surface area (Å²) in [6.45, 7) is 2.61. The Kier molecular flexibility index (Phi) is 5.13. The summed E-state index contributed by atoms with van der Waals surface area (Å²) < 4.78 is 16.1. The summed E-state index contributed by atoms with van der Waals surface area (Å²) in [4.78, 5) is 0. The lowest BCUT2D eigenvalue weighted by atomic mass is 10.00. The van der Waals surface area contributed by atoms with Gasteiger partial charge in [-0.3, -0.25) is 0 Å². The van der Waals surface area contributed by atoms with Crippen molar-refractivity contribution in [3.05, 3.63) is 35.4 Å². The van der Waals surface area contributed by atoms with E-state index in [4.69, 9.17) is 19.9 Å². The molecule has 1 aromatic carbocycles. The topological polar surface area (TPSA) is 53.7 Å². The van der Waals surface area contributed by atoms with E-state index in [9.17, 15) is 0 Å². The Hall–Kier alpha value is -0.940. The van der Waals surface area contributed by atoms with Crippen molar-refractivity contribution in [2.75, 3.05) is 33.5 Å². The van der Waals surface area contributed by atoms with Crippen molar-refractivity contribution in [2.24, 2.45) is 5.73 Å². The van der Waals surface area contributed by atoms with Crippen LogP contribution < -0.4 is 5.73 Å². The van der Waals surface area contributed by atoms with Gasteiger partial charge in [0.1, 0.15) is 6.10 Å².